The summed E-state index contributed by atoms with van der Waals surface area (Å²) >= 11 is 0. The predicted molar refractivity (Wildman–Crippen MR) is 91.4 cm³/mol. The van der Waals surface area contributed by atoms with Gasteiger partial charge in [-0.2, -0.15) is 0 Å². The fourth-order valence-electron chi connectivity index (χ4n) is 2.59. The van der Waals surface area contributed by atoms with Gasteiger partial charge in [0, 0.05) is 30.2 Å². The van der Waals surface area contributed by atoms with Crippen LogP contribution >= 0.6 is 0 Å². The normalized spacial score (nSPS) is 12.2. The van der Waals surface area contributed by atoms with Crippen molar-refractivity contribution in [1.82, 2.24) is 4.98 Å². The SMILES string of the molecule is O=C(CCc1ncc(-c2ccc(F)cc2)o1)Nc1ccc2c(c1)OCO2. The van der Waals surface area contributed by atoms with Crippen LogP contribution < -0.4 is 14.8 Å². The number of aromatic nitrogens is 1. The fourth-order valence-corrected chi connectivity index (χ4v) is 2.59. The number of amides is 1. The third kappa shape index (κ3) is 3.51. The minimum absolute atomic E-state index is 0.162. The van der Waals surface area contributed by atoms with Crippen LogP contribution in [-0.4, -0.2) is 17.7 Å². The van der Waals surface area contributed by atoms with E-state index in [9.17, 15) is 9.18 Å². The van der Waals surface area contributed by atoms with Gasteiger partial charge in [-0.15, -0.1) is 0 Å². The van der Waals surface area contributed by atoms with Crippen molar-refractivity contribution in [2.45, 2.75) is 12.8 Å². The maximum absolute atomic E-state index is 13.0. The highest BCUT2D eigenvalue weighted by Gasteiger charge is 2.14. The lowest BCUT2D eigenvalue weighted by Crippen LogP contribution is -2.12. The number of ether oxygens (including phenoxy) is 2. The second kappa shape index (κ2) is 6.87. The molecule has 2 heterocycles. The molecule has 0 fully saturated rings. The molecule has 0 unspecified atom stereocenters. The quantitative estimate of drug-likeness (QED) is 0.755. The second-order valence-corrected chi connectivity index (χ2v) is 5.74. The number of anilines is 1. The number of halogens is 1. The van der Waals surface area contributed by atoms with Crippen LogP contribution in [0.1, 0.15) is 12.3 Å². The molecule has 1 aliphatic heterocycles. The molecule has 3 aromatic rings. The van der Waals surface area contributed by atoms with Crippen molar-refractivity contribution in [1.29, 1.82) is 0 Å². The van der Waals surface area contributed by atoms with Crippen molar-refractivity contribution in [3.63, 3.8) is 0 Å². The first-order valence-electron chi connectivity index (χ1n) is 8.07. The van der Waals surface area contributed by atoms with E-state index in [-0.39, 0.29) is 24.9 Å². The number of aryl methyl sites for hydroxylation is 1. The van der Waals surface area contributed by atoms with Crippen LogP contribution in [0.15, 0.2) is 53.1 Å². The number of nitrogens with one attached hydrogen (secondary N) is 1. The van der Waals surface area contributed by atoms with Crippen LogP contribution in [0.25, 0.3) is 11.3 Å². The molecule has 0 saturated heterocycles. The molecule has 1 N–H and O–H groups in total. The number of hydrogen-bond donors (Lipinski definition) is 1. The number of oxazole rings is 1. The Morgan fingerprint density at radius 2 is 1.92 bits per heavy atom. The van der Waals surface area contributed by atoms with Gasteiger partial charge in [0.05, 0.1) is 6.20 Å². The van der Waals surface area contributed by atoms with Gasteiger partial charge in [-0.25, -0.2) is 9.37 Å². The Bertz CT molecular complexity index is 937. The zero-order valence-corrected chi connectivity index (χ0v) is 13.7. The average Bonchev–Trinajstić information content (AvgIpc) is 3.29. The molecule has 6 nitrogen and oxygen atoms in total. The number of carbonyl (C=O) groups is 1. The van der Waals surface area contributed by atoms with E-state index >= 15 is 0 Å². The summed E-state index contributed by atoms with van der Waals surface area (Å²) in [4.78, 5) is 16.3. The smallest absolute Gasteiger partial charge is 0.231 e. The van der Waals surface area contributed by atoms with Gasteiger partial charge in [-0.05, 0) is 36.4 Å². The van der Waals surface area contributed by atoms with Crippen LogP contribution in [0.4, 0.5) is 10.1 Å². The summed E-state index contributed by atoms with van der Waals surface area (Å²) in [5, 5.41) is 2.80. The summed E-state index contributed by atoms with van der Waals surface area (Å²) in [6.07, 6.45) is 2.15. The number of benzene rings is 2. The van der Waals surface area contributed by atoms with Crippen LogP contribution in [-0.2, 0) is 11.2 Å². The summed E-state index contributed by atoms with van der Waals surface area (Å²) in [6, 6.07) is 11.2. The first-order valence-corrected chi connectivity index (χ1v) is 8.07. The number of fused-ring (bicyclic) bond motifs is 1. The van der Waals surface area contributed by atoms with Crippen LogP contribution in [0.5, 0.6) is 11.5 Å². The van der Waals surface area contributed by atoms with E-state index in [0.717, 1.165) is 5.56 Å². The molecule has 4 rings (SSSR count). The Balaban J connectivity index is 1.34. The van der Waals surface area contributed by atoms with Crippen molar-refractivity contribution < 1.29 is 23.1 Å². The highest BCUT2D eigenvalue weighted by molar-refractivity contribution is 5.91. The molecule has 7 heteroatoms. The zero-order valence-electron chi connectivity index (χ0n) is 13.7. The predicted octanol–water partition coefficient (Wildman–Crippen LogP) is 3.78. The molecule has 132 valence electrons. The molecule has 0 bridgehead atoms. The summed E-state index contributed by atoms with van der Waals surface area (Å²) < 4.78 is 29.1. The highest BCUT2D eigenvalue weighted by Crippen LogP contribution is 2.34. The van der Waals surface area contributed by atoms with Gasteiger partial charge in [0.25, 0.3) is 0 Å². The molecule has 1 amide bonds. The van der Waals surface area contributed by atoms with Gasteiger partial charge >= 0.3 is 0 Å². The summed E-state index contributed by atoms with van der Waals surface area (Å²) in [5.74, 6) is 1.79. The Hall–Kier alpha value is -3.35. The van der Waals surface area contributed by atoms with Crippen LogP contribution in [0.2, 0.25) is 0 Å². The fraction of sp³-hybridized carbons (Fsp3) is 0.158. The van der Waals surface area contributed by atoms with E-state index in [2.05, 4.69) is 10.3 Å². The van der Waals surface area contributed by atoms with Gasteiger partial charge in [0.1, 0.15) is 5.82 Å². The summed E-state index contributed by atoms with van der Waals surface area (Å²) in [7, 11) is 0. The topological polar surface area (TPSA) is 73.6 Å². The number of carbonyl (C=O) groups excluding carboxylic acids is 1. The Morgan fingerprint density at radius 1 is 1.12 bits per heavy atom. The molecule has 0 radical (unpaired) electrons. The molecule has 26 heavy (non-hydrogen) atoms. The van der Waals surface area contributed by atoms with E-state index in [1.165, 1.54) is 12.1 Å². The maximum Gasteiger partial charge on any atom is 0.231 e. The van der Waals surface area contributed by atoms with Crippen LogP contribution in [0.3, 0.4) is 0 Å². The molecule has 0 spiro atoms. The van der Waals surface area contributed by atoms with Crippen molar-refractivity contribution in [3.8, 4) is 22.8 Å². The van der Waals surface area contributed by atoms with Crippen molar-refractivity contribution in [3.05, 3.63) is 60.4 Å². The summed E-state index contributed by atoms with van der Waals surface area (Å²) in [5.41, 5.74) is 1.37. The van der Waals surface area contributed by atoms with Crippen molar-refractivity contribution >= 4 is 11.6 Å². The third-order valence-electron chi connectivity index (χ3n) is 3.90. The maximum atomic E-state index is 13.0. The van der Waals surface area contributed by atoms with E-state index in [1.807, 2.05) is 0 Å². The lowest BCUT2D eigenvalue weighted by atomic mass is 10.2. The van der Waals surface area contributed by atoms with Gasteiger partial charge in [-0.1, -0.05) is 0 Å². The van der Waals surface area contributed by atoms with Crippen molar-refractivity contribution in [2.24, 2.45) is 0 Å². The highest BCUT2D eigenvalue weighted by atomic mass is 19.1. The Labute approximate surface area is 148 Å². The molecule has 0 saturated carbocycles. The van der Waals surface area contributed by atoms with E-state index in [1.54, 1.807) is 36.5 Å². The largest absolute Gasteiger partial charge is 0.454 e. The van der Waals surface area contributed by atoms with Crippen LogP contribution in [0, 0.1) is 5.82 Å². The van der Waals surface area contributed by atoms with Gasteiger partial charge in [0.2, 0.25) is 12.7 Å². The molecule has 1 aliphatic rings. The first-order chi connectivity index (χ1) is 12.7. The lowest BCUT2D eigenvalue weighted by molar-refractivity contribution is -0.116. The molecule has 2 aromatic carbocycles. The molecule has 1 aromatic heterocycles. The van der Waals surface area contributed by atoms with E-state index in [0.29, 0.717) is 35.3 Å². The summed E-state index contributed by atoms with van der Waals surface area (Å²) in [6.45, 7) is 0.188. The molecule has 0 atom stereocenters. The lowest BCUT2D eigenvalue weighted by Gasteiger charge is -2.05. The Morgan fingerprint density at radius 3 is 2.77 bits per heavy atom. The first kappa shape index (κ1) is 16.1. The van der Waals surface area contributed by atoms with E-state index in [4.69, 9.17) is 13.9 Å². The Kier molecular flexibility index (Phi) is 4.27. The standard InChI is InChI=1S/C19H15FN2O4/c20-13-3-1-12(2-4-13)17-10-21-19(26-17)8-7-18(23)22-14-5-6-15-16(9-14)25-11-24-15/h1-6,9-10H,7-8,11H2,(H,22,23). The average molecular weight is 354 g/mol. The van der Waals surface area contributed by atoms with Gasteiger partial charge in [0.15, 0.2) is 23.1 Å². The molecular formula is C19H15FN2O4. The number of hydrogen-bond acceptors (Lipinski definition) is 5. The van der Waals surface area contributed by atoms with Crippen molar-refractivity contribution in [2.75, 3.05) is 12.1 Å². The van der Waals surface area contributed by atoms with Gasteiger partial charge in [-0.3, -0.25) is 4.79 Å². The molecule has 0 aliphatic carbocycles. The second-order valence-electron chi connectivity index (χ2n) is 5.74. The van der Waals surface area contributed by atoms with E-state index < -0.39 is 0 Å². The minimum Gasteiger partial charge on any atom is -0.454 e. The number of rotatable bonds is 5. The minimum atomic E-state index is -0.311. The monoisotopic (exact) mass is 354 g/mol. The molecular weight excluding hydrogens is 339 g/mol. The third-order valence-corrected chi connectivity index (χ3v) is 3.90. The number of nitrogens with zero attached hydrogens (tertiary/aromatic N) is 1. The van der Waals surface area contributed by atoms with Gasteiger partial charge < -0.3 is 19.2 Å². The zero-order chi connectivity index (χ0) is 17.9.